The van der Waals surface area contributed by atoms with Gasteiger partial charge in [-0.05, 0) is 31.0 Å². The zero-order valence-corrected chi connectivity index (χ0v) is 16.8. The minimum Gasteiger partial charge on any atom is -0.364 e. The van der Waals surface area contributed by atoms with Crippen molar-refractivity contribution in [2.75, 3.05) is 5.32 Å². The summed E-state index contributed by atoms with van der Waals surface area (Å²) >= 11 is 3.17. The van der Waals surface area contributed by atoms with Crippen LogP contribution in [0.15, 0.2) is 28.9 Å². The Morgan fingerprint density at radius 2 is 1.93 bits per heavy atom. The summed E-state index contributed by atoms with van der Waals surface area (Å²) < 4.78 is 16.2. The van der Waals surface area contributed by atoms with Crippen LogP contribution in [-0.4, -0.2) is 27.4 Å². The first-order valence-corrected chi connectivity index (χ1v) is 9.70. The summed E-state index contributed by atoms with van der Waals surface area (Å²) in [5.41, 5.74) is 5.43. The molecule has 1 saturated carbocycles. The zero-order valence-electron chi connectivity index (χ0n) is 15.2. The Morgan fingerprint density at radius 1 is 1.25 bits per heavy atom. The number of amides is 2. The number of benzene rings is 1. The summed E-state index contributed by atoms with van der Waals surface area (Å²) in [6, 6.07) is 4.26. The largest absolute Gasteiger partial charge is 0.364 e. The molecule has 1 aromatic carbocycles. The molecule has 0 radical (unpaired) electrons. The Balaban J connectivity index is 1.84. The van der Waals surface area contributed by atoms with Gasteiger partial charge in [0.25, 0.3) is 5.91 Å². The minimum atomic E-state index is -0.760. The fourth-order valence-corrected chi connectivity index (χ4v) is 3.97. The molecule has 28 heavy (non-hydrogen) atoms. The molecule has 0 bridgehead atoms. The molecule has 1 aliphatic carbocycles. The molecule has 0 saturated heterocycles. The zero-order chi connectivity index (χ0) is 20.4. The Hall–Kier alpha value is -2.55. The predicted octanol–water partition coefficient (Wildman–Crippen LogP) is 3.05. The van der Waals surface area contributed by atoms with Crippen molar-refractivity contribution in [3.63, 3.8) is 0 Å². The van der Waals surface area contributed by atoms with Gasteiger partial charge in [0.2, 0.25) is 5.91 Å². The van der Waals surface area contributed by atoms with Gasteiger partial charge in [-0.25, -0.2) is 4.39 Å². The Labute approximate surface area is 169 Å². The third-order valence-corrected chi connectivity index (χ3v) is 5.45. The molecule has 3 rings (SSSR count). The van der Waals surface area contributed by atoms with E-state index in [0.717, 1.165) is 12.8 Å². The molecular weight excluding hydrogens is 431 g/mol. The van der Waals surface area contributed by atoms with Gasteiger partial charge in [0, 0.05) is 29.6 Å². The predicted molar refractivity (Wildman–Crippen MR) is 104 cm³/mol. The highest BCUT2D eigenvalue weighted by atomic mass is 79.9. The number of carbonyl (C=O) groups is 3. The summed E-state index contributed by atoms with van der Waals surface area (Å²) in [4.78, 5) is 37.3. The van der Waals surface area contributed by atoms with Crippen LogP contribution in [0, 0.1) is 17.7 Å². The van der Waals surface area contributed by atoms with Crippen molar-refractivity contribution in [1.29, 1.82) is 0 Å². The van der Waals surface area contributed by atoms with Gasteiger partial charge in [0.15, 0.2) is 11.5 Å². The molecule has 148 valence electrons. The van der Waals surface area contributed by atoms with E-state index in [4.69, 9.17) is 5.73 Å². The first-order chi connectivity index (χ1) is 13.3. The first kappa shape index (κ1) is 20.2. The van der Waals surface area contributed by atoms with Crippen molar-refractivity contribution >= 4 is 39.2 Å². The molecule has 1 heterocycles. The molecule has 7 nitrogen and oxygen atoms in total. The maximum absolute atomic E-state index is 14.3. The van der Waals surface area contributed by atoms with Crippen LogP contribution in [0.4, 0.5) is 10.1 Å². The number of halogens is 2. The lowest BCUT2D eigenvalue weighted by Crippen LogP contribution is -2.36. The molecular formula is C19H20BrFN4O3. The molecule has 1 aromatic heterocycles. The average Bonchev–Trinajstić information content (AvgIpc) is 3.01. The number of Topliss-reactive ketones (excluding diaryl/α,β-unsaturated/α-hetero) is 1. The van der Waals surface area contributed by atoms with E-state index in [9.17, 15) is 18.8 Å². The Kier molecular flexibility index (Phi) is 5.93. The number of nitrogens with two attached hydrogens (primary N) is 1. The highest BCUT2D eigenvalue weighted by Crippen LogP contribution is 2.34. The van der Waals surface area contributed by atoms with Gasteiger partial charge in [-0.2, -0.15) is 5.10 Å². The van der Waals surface area contributed by atoms with Crippen LogP contribution in [0.5, 0.6) is 0 Å². The van der Waals surface area contributed by atoms with Gasteiger partial charge < -0.3 is 11.1 Å². The third-order valence-electron chi connectivity index (χ3n) is 4.96. The lowest BCUT2D eigenvalue weighted by molar-refractivity contribution is -0.122. The van der Waals surface area contributed by atoms with Crippen molar-refractivity contribution in [2.24, 2.45) is 24.6 Å². The minimum absolute atomic E-state index is 0.0212. The van der Waals surface area contributed by atoms with Crippen molar-refractivity contribution in [1.82, 2.24) is 9.78 Å². The molecule has 2 aromatic rings. The molecule has 3 N–H and O–H groups in total. The number of primary amides is 1. The van der Waals surface area contributed by atoms with Crippen LogP contribution >= 0.6 is 15.9 Å². The van der Waals surface area contributed by atoms with Crippen LogP contribution in [0.1, 0.15) is 46.5 Å². The third kappa shape index (κ3) is 4.14. The Bertz CT molecular complexity index is 943. The van der Waals surface area contributed by atoms with Crippen molar-refractivity contribution in [3.8, 4) is 0 Å². The number of nitrogens with zero attached hydrogens (tertiary/aromatic N) is 2. The fourth-order valence-electron chi connectivity index (χ4n) is 3.63. The van der Waals surface area contributed by atoms with Crippen molar-refractivity contribution in [2.45, 2.75) is 25.7 Å². The lowest BCUT2D eigenvalue weighted by atomic mass is 9.75. The van der Waals surface area contributed by atoms with E-state index >= 15 is 0 Å². The molecule has 2 amide bonds. The standard InChI is InChI=1S/C19H20BrFN4O3/c1-25-9-15(16(24-25)18(22)27)23-19(28)12-5-3-2-4-11(12)17(26)13-7-6-10(20)8-14(13)21/h6-9,11-12H,2-5H2,1H3,(H2,22,27)(H,23,28). The number of nitrogens with one attached hydrogen (secondary N) is 1. The maximum Gasteiger partial charge on any atom is 0.271 e. The SMILES string of the molecule is Cn1cc(NC(=O)C2CCCCC2C(=O)c2ccc(Br)cc2F)c(C(N)=O)n1. The number of ketones is 1. The molecule has 0 aliphatic heterocycles. The van der Waals surface area contributed by atoms with Gasteiger partial charge >= 0.3 is 0 Å². The molecule has 2 unspecified atom stereocenters. The van der Waals surface area contributed by atoms with E-state index in [-0.39, 0.29) is 22.7 Å². The number of aromatic nitrogens is 2. The highest BCUT2D eigenvalue weighted by molar-refractivity contribution is 9.10. The Morgan fingerprint density at radius 3 is 2.57 bits per heavy atom. The normalized spacial score (nSPS) is 19.2. The second kappa shape index (κ2) is 8.22. The molecule has 1 aliphatic rings. The molecule has 9 heteroatoms. The lowest BCUT2D eigenvalue weighted by Gasteiger charge is -2.29. The topological polar surface area (TPSA) is 107 Å². The second-order valence-electron chi connectivity index (χ2n) is 6.90. The van der Waals surface area contributed by atoms with Crippen LogP contribution in [-0.2, 0) is 11.8 Å². The summed E-state index contributed by atoms with van der Waals surface area (Å²) in [5, 5.41) is 6.60. The molecule has 0 spiro atoms. The average molecular weight is 451 g/mol. The van der Waals surface area contributed by atoms with Crippen LogP contribution in [0.25, 0.3) is 0 Å². The monoisotopic (exact) mass is 450 g/mol. The van der Waals surface area contributed by atoms with E-state index in [1.165, 1.54) is 23.0 Å². The number of aryl methyl sites for hydroxylation is 1. The number of rotatable bonds is 5. The van der Waals surface area contributed by atoms with Gasteiger partial charge in [-0.1, -0.05) is 28.8 Å². The summed E-state index contributed by atoms with van der Waals surface area (Å²) in [6.45, 7) is 0. The second-order valence-corrected chi connectivity index (χ2v) is 7.82. The maximum atomic E-state index is 14.3. The number of carbonyl (C=O) groups excluding carboxylic acids is 3. The van der Waals surface area contributed by atoms with Gasteiger partial charge in [0.05, 0.1) is 11.3 Å². The quantitative estimate of drug-likeness (QED) is 0.682. The highest BCUT2D eigenvalue weighted by Gasteiger charge is 2.37. The van der Waals surface area contributed by atoms with Crippen molar-refractivity contribution in [3.05, 3.63) is 45.9 Å². The smallest absolute Gasteiger partial charge is 0.271 e. The van der Waals surface area contributed by atoms with E-state index in [2.05, 4.69) is 26.3 Å². The van der Waals surface area contributed by atoms with Crippen LogP contribution < -0.4 is 11.1 Å². The van der Waals surface area contributed by atoms with Crippen molar-refractivity contribution < 1.29 is 18.8 Å². The summed E-state index contributed by atoms with van der Waals surface area (Å²) in [7, 11) is 1.60. The number of hydrogen-bond donors (Lipinski definition) is 2. The van der Waals surface area contributed by atoms with E-state index < -0.39 is 29.5 Å². The first-order valence-electron chi connectivity index (χ1n) is 8.91. The number of anilines is 1. The van der Waals surface area contributed by atoms with E-state index in [0.29, 0.717) is 17.3 Å². The number of hydrogen-bond acceptors (Lipinski definition) is 4. The summed E-state index contributed by atoms with van der Waals surface area (Å²) in [6.07, 6.45) is 4.07. The van der Waals surface area contributed by atoms with Gasteiger partial charge in [-0.3, -0.25) is 19.1 Å². The fraction of sp³-hybridized carbons (Fsp3) is 0.368. The van der Waals surface area contributed by atoms with Crippen LogP contribution in [0.3, 0.4) is 0 Å². The molecule has 1 fully saturated rings. The summed E-state index contributed by atoms with van der Waals surface area (Å²) in [5.74, 6) is -3.41. The van der Waals surface area contributed by atoms with E-state index in [1.54, 1.807) is 13.1 Å². The van der Waals surface area contributed by atoms with Gasteiger partial charge in [-0.15, -0.1) is 0 Å². The van der Waals surface area contributed by atoms with E-state index in [1.807, 2.05) is 0 Å². The molecule has 2 atom stereocenters. The van der Waals surface area contributed by atoms with Gasteiger partial charge in [0.1, 0.15) is 5.82 Å². The van der Waals surface area contributed by atoms with Crippen LogP contribution in [0.2, 0.25) is 0 Å².